The molecule has 4 nitrogen and oxygen atoms in total. The van der Waals surface area contributed by atoms with Crippen molar-refractivity contribution < 1.29 is 14.4 Å². The first-order valence-corrected chi connectivity index (χ1v) is 9.73. The fourth-order valence-electron chi connectivity index (χ4n) is 4.54. The summed E-state index contributed by atoms with van der Waals surface area (Å²) in [6, 6.07) is 7.13. The number of halogens is 1. The number of hydrogen-bond donors (Lipinski definition) is 1. The summed E-state index contributed by atoms with van der Waals surface area (Å²) in [7, 11) is 0. The number of fused-ring (bicyclic) bond motifs is 2. The lowest BCUT2D eigenvalue weighted by molar-refractivity contribution is -0.907. The minimum absolute atomic E-state index is 0.0804. The molecule has 2 bridgehead atoms. The van der Waals surface area contributed by atoms with Crippen molar-refractivity contribution in [2.24, 2.45) is 17.8 Å². The quantitative estimate of drug-likeness (QED) is 0.809. The molecule has 1 aliphatic heterocycles. The maximum atomic E-state index is 12.4. The summed E-state index contributed by atoms with van der Waals surface area (Å²) in [4.78, 5) is 16.0. The minimum Gasteiger partial charge on any atom is -0.484 e. The van der Waals surface area contributed by atoms with E-state index in [1.54, 1.807) is 29.2 Å². The highest BCUT2D eigenvalue weighted by Crippen LogP contribution is 2.42. The predicted octanol–water partition coefficient (Wildman–Crippen LogP) is 1.66. The fraction of sp³-hybridized carbons (Fsp3) is 0.550. The van der Waals surface area contributed by atoms with Gasteiger partial charge < -0.3 is 14.5 Å². The van der Waals surface area contributed by atoms with E-state index in [2.05, 4.69) is 12.2 Å². The molecule has 5 heteroatoms. The van der Waals surface area contributed by atoms with Crippen molar-refractivity contribution in [1.29, 1.82) is 0 Å². The first-order chi connectivity index (χ1) is 12.2. The SMILES string of the molecule is O=C(COc1ccc(Cl)cc1)N1CC[NH+](C[C@H]2C[C@@H]3C=C[C@H]2C3)CC1. The lowest BCUT2D eigenvalue weighted by Gasteiger charge is -2.34. The number of rotatable bonds is 5. The molecule has 1 heterocycles. The van der Waals surface area contributed by atoms with Crippen LogP contribution in [0.2, 0.25) is 5.02 Å². The van der Waals surface area contributed by atoms with Crippen LogP contribution in [0.4, 0.5) is 0 Å². The molecule has 0 radical (unpaired) electrons. The molecule has 134 valence electrons. The molecule has 3 atom stereocenters. The van der Waals surface area contributed by atoms with E-state index in [1.165, 1.54) is 19.4 Å². The van der Waals surface area contributed by atoms with Gasteiger partial charge in [0.05, 0.1) is 32.7 Å². The van der Waals surface area contributed by atoms with Crippen LogP contribution in [-0.4, -0.2) is 50.1 Å². The molecule has 0 unspecified atom stereocenters. The maximum Gasteiger partial charge on any atom is 0.260 e. The molecule has 0 spiro atoms. The van der Waals surface area contributed by atoms with Gasteiger partial charge in [-0.3, -0.25) is 4.79 Å². The number of nitrogens with zero attached hydrogens (tertiary/aromatic N) is 1. The van der Waals surface area contributed by atoms with Gasteiger partial charge in [-0.2, -0.15) is 0 Å². The Bertz CT molecular complexity index is 638. The number of amides is 1. The number of ether oxygens (including phenoxy) is 1. The Morgan fingerprint density at radius 2 is 1.92 bits per heavy atom. The monoisotopic (exact) mass is 361 g/mol. The highest BCUT2D eigenvalue weighted by Gasteiger charge is 2.38. The Kier molecular flexibility index (Phi) is 5.00. The molecule has 3 aliphatic rings. The average molecular weight is 362 g/mol. The molecular weight excluding hydrogens is 336 g/mol. The largest absolute Gasteiger partial charge is 0.484 e. The van der Waals surface area contributed by atoms with Gasteiger partial charge in [-0.05, 0) is 48.9 Å². The Labute approximate surface area is 154 Å². The van der Waals surface area contributed by atoms with Crippen LogP contribution in [0.3, 0.4) is 0 Å². The summed E-state index contributed by atoms with van der Waals surface area (Å²) in [6.45, 7) is 5.18. The summed E-state index contributed by atoms with van der Waals surface area (Å²) in [5.74, 6) is 3.30. The molecule has 1 aromatic rings. The Morgan fingerprint density at radius 1 is 1.16 bits per heavy atom. The highest BCUT2D eigenvalue weighted by molar-refractivity contribution is 6.30. The number of allylic oxidation sites excluding steroid dienone is 2. The molecule has 1 aromatic carbocycles. The molecule has 1 saturated heterocycles. The fourth-order valence-corrected chi connectivity index (χ4v) is 4.67. The molecule has 2 fully saturated rings. The van der Waals surface area contributed by atoms with Gasteiger partial charge in [0.15, 0.2) is 6.61 Å². The number of piperazine rings is 1. The summed E-state index contributed by atoms with van der Waals surface area (Å²) >= 11 is 5.85. The summed E-state index contributed by atoms with van der Waals surface area (Å²) < 4.78 is 5.58. The van der Waals surface area contributed by atoms with Gasteiger partial charge in [0.2, 0.25) is 0 Å². The van der Waals surface area contributed by atoms with Gasteiger partial charge in [0, 0.05) is 10.9 Å². The second-order valence-corrected chi connectivity index (χ2v) is 8.05. The maximum absolute atomic E-state index is 12.4. The van der Waals surface area contributed by atoms with Crippen LogP contribution >= 0.6 is 11.6 Å². The van der Waals surface area contributed by atoms with Crippen molar-refractivity contribution in [2.45, 2.75) is 12.8 Å². The molecule has 4 rings (SSSR count). The number of benzene rings is 1. The Balaban J connectivity index is 1.19. The van der Waals surface area contributed by atoms with E-state index in [0.717, 1.165) is 43.9 Å². The molecular formula is C20H26ClN2O2+. The van der Waals surface area contributed by atoms with E-state index in [0.29, 0.717) is 10.8 Å². The van der Waals surface area contributed by atoms with Crippen molar-refractivity contribution in [3.63, 3.8) is 0 Å². The third-order valence-electron chi connectivity index (χ3n) is 5.97. The zero-order chi connectivity index (χ0) is 17.2. The number of quaternary nitrogens is 1. The Morgan fingerprint density at radius 3 is 2.56 bits per heavy atom. The van der Waals surface area contributed by atoms with Gasteiger partial charge in [0.1, 0.15) is 5.75 Å². The third kappa shape index (κ3) is 4.01. The molecule has 1 saturated carbocycles. The minimum atomic E-state index is 0.0804. The van der Waals surface area contributed by atoms with Gasteiger partial charge in [0.25, 0.3) is 5.91 Å². The van der Waals surface area contributed by atoms with Crippen LogP contribution in [0.25, 0.3) is 0 Å². The standard InChI is InChI=1S/C20H25ClN2O2/c21-18-3-5-19(6-4-18)25-14-20(24)23-9-7-22(8-10-23)13-17-12-15-1-2-16(17)11-15/h1-6,15-17H,7-14H2/p+1/t15-,16+,17-/m1/s1. The number of hydrogen-bond acceptors (Lipinski definition) is 2. The lowest BCUT2D eigenvalue weighted by Crippen LogP contribution is -3.15. The van der Waals surface area contributed by atoms with E-state index in [4.69, 9.17) is 16.3 Å². The van der Waals surface area contributed by atoms with Gasteiger partial charge in [-0.15, -0.1) is 0 Å². The van der Waals surface area contributed by atoms with E-state index in [1.807, 2.05) is 4.90 Å². The number of nitrogens with one attached hydrogen (secondary N) is 1. The third-order valence-corrected chi connectivity index (χ3v) is 6.22. The second-order valence-electron chi connectivity index (χ2n) is 7.62. The summed E-state index contributed by atoms with van der Waals surface area (Å²) in [5.41, 5.74) is 0. The molecule has 1 N–H and O–H groups in total. The normalized spacial score (nSPS) is 28.5. The van der Waals surface area contributed by atoms with Gasteiger partial charge >= 0.3 is 0 Å². The zero-order valence-corrected chi connectivity index (χ0v) is 15.3. The highest BCUT2D eigenvalue weighted by atomic mass is 35.5. The van der Waals surface area contributed by atoms with Gasteiger partial charge in [-0.25, -0.2) is 0 Å². The summed E-state index contributed by atoms with van der Waals surface area (Å²) in [5, 5.41) is 0.670. The van der Waals surface area contributed by atoms with Crippen molar-refractivity contribution in [2.75, 3.05) is 39.3 Å². The van der Waals surface area contributed by atoms with Crippen LogP contribution in [-0.2, 0) is 4.79 Å². The van der Waals surface area contributed by atoms with Crippen LogP contribution in [0.15, 0.2) is 36.4 Å². The number of carbonyl (C=O) groups is 1. The van der Waals surface area contributed by atoms with Gasteiger partial charge in [-0.1, -0.05) is 23.8 Å². The topological polar surface area (TPSA) is 34.0 Å². The first kappa shape index (κ1) is 16.9. The summed E-state index contributed by atoms with van der Waals surface area (Å²) in [6.07, 6.45) is 7.60. The van der Waals surface area contributed by atoms with E-state index in [9.17, 15) is 4.79 Å². The van der Waals surface area contributed by atoms with Crippen molar-refractivity contribution in [1.82, 2.24) is 4.90 Å². The zero-order valence-electron chi connectivity index (χ0n) is 14.5. The molecule has 1 amide bonds. The van der Waals surface area contributed by atoms with Crippen LogP contribution in [0, 0.1) is 17.8 Å². The number of carbonyl (C=O) groups excluding carboxylic acids is 1. The average Bonchev–Trinajstić information content (AvgIpc) is 3.25. The van der Waals surface area contributed by atoms with E-state index in [-0.39, 0.29) is 12.5 Å². The predicted molar refractivity (Wildman–Crippen MR) is 97.9 cm³/mol. The van der Waals surface area contributed by atoms with Crippen molar-refractivity contribution in [3.05, 3.63) is 41.4 Å². The van der Waals surface area contributed by atoms with E-state index < -0.39 is 0 Å². The smallest absolute Gasteiger partial charge is 0.260 e. The van der Waals surface area contributed by atoms with Crippen LogP contribution < -0.4 is 9.64 Å². The van der Waals surface area contributed by atoms with Crippen LogP contribution in [0.5, 0.6) is 5.75 Å². The molecule has 0 aromatic heterocycles. The van der Waals surface area contributed by atoms with E-state index >= 15 is 0 Å². The van der Waals surface area contributed by atoms with Crippen LogP contribution in [0.1, 0.15) is 12.8 Å². The van der Waals surface area contributed by atoms with Crippen molar-refractivity contribution in [3.8, 4) is 5.75 Å². The lowest BCUT2D eigenvalue weighted by atomic mass is 9.93. The first-order valence-electron chi connectivity index (χ1n) is 9.35. The molecule has 2 aliphatic carbocycles. The van der Waals surface area contributed by atoms with Crippen molar-refractivity contribution >= 4 is 17.5 Å². The second kappa shape index (κ2) is 7.38. The Hall–Kier alpha value is -1.52. The molecule has 25 heavy (non-hydrogen) atoms.